The number of aliphatic hydroxyl groups excluding tert-OH is 4. The fourth-order valence-electron chi connectivity index (χ4n) is 6.45. The molecule has 2 saturated heterocycles. The number of carbonyl (C=O) groups excluding carboxylic acids is 5. The van der Waals surface area contributed by atoms with Gasteiger partial charge in [0.2, 0.25) is 29.5 Å². The van der Waals surface area contributed by atoms with Crippen LogP contribution >= 0.6 is 0 Å². The second kappa shape index (κ2) is 23.3. The van der Waals surface area contributed by atoms with E-state index in [1.54, 1.807) is 30.3 Å². The van der Waals surface area contributed by atoms with Crippen molar-refractivity contribution in [1.82, 2.24) is 26.2 Å². The Morgan fingerprint density at radius 3 is 2.23 bits per heavy atom. The molecule has 2 aliphatic rings. The molecular formula is C36H55N9O15. The number of hydrogen-bond donors (Lipinski definition) is 13. The molecule has 334 valence electrons. The van der Waals surface area contributed by atoms with Gasteiger partial charge in [0.05, 0.1) is 25.7 Å². The van der Waals surface area contributed by atoms with E-state index in [9.17, 15) is 64.2 Å². The fourth-order valence-corrected chi connectivity index (χ4v) is 6.45. The topological polar surface area (TPSA) is 401 Å². The van der Waals surface area contributed by atoms with E-state index in [-0.39, 0.29) is 44.7 Å². The molecular weight excluding hydrogens is 798 g/mol. The van der Waals surface area contributed by atoms with Gasteiger partial charge < -0.3 is 83.5 Å². The number of hydrogen-bond acceptors (Lipinski definition) is 15. The summed E-state index contributed by atoms with van der Waals surface area (Å²) in [5.41, 5.74) is 17.5. The van der Waals surface area contributed by atoms with Crippen molar-refractivity contribution in [2.75, 3.05) is 26.2 Å². The Bertz CT molecular complexity index is 1680. The number of carbonyl (C=O) groups is 7. The number of carboxylic acids is 2. The Balaban J connectivity index is 1.65. The van der Waals surface area contributed by atoms with E-state index in [2.05, 4.69) is 26.3 Å². The lowest BCUT2D eigenvalue weighted by Crippen LogP contribution is -2.61. The molecule has 11 atom stereocenters. The van der Waals surface area contributed by atoms with Gasteiger partial charge in [0.25, 0.3) is 0 Å². The molecule has 1 aromatic rings. The van der Waals surface area contributed by atoms with Crippen molar-refractivity contribution in [2.45, 2.75) is 112 Å². The highest BCUT2D eigenvalue weighted by Gasteiger charge is 2.46. The third-order valence-corrected chi connectivity index (χ3v) is 9.76. The third kappa shape index (κ3) is 14.4. The summed E-state index contributed by atoms with van der Waals surface area (Å²) in [5, 5.41) is 68.3. The van der Waals surface area contributed by atoms with E-state index in [0.29, 0.717) is 12.0 Å². The predicted octanol–water partition coefficient (Wildman–Crippen LogP) is -6.06. The number of rotatable bonds is 22. The van der Waals surface area contributed by atoms with Crippen LogP contribution in [-0.4, -0.2) is 176 Å². The summed E-state index contributed by atoms with van der Waals surface area (Å²) in [7, 11) is 0. The van der Waals surface area contributed by atoms with Crippen LogP contribution in [0.3, 0.4) is 0 Å². The van der Waals surface area contributed by atoms with E-state index in [0.717, 1.165) is 0 Å². The highest BCUT2D eigenvalue weighted by atomic mass is 16.7. The molecule has 2 aliphatic heterocycles. The molecule has 0 unspecified atom stereocenters. The van der Waals surface area contributed by atoms with Crippen LogP contribution in [0.5, 0.6) is 0 Å². The number of aliphatic carboxylic acids is 2. The summed E-state index contributed by atoms with van der Waals surface area (Å²) in [5.74, 6) is -7.64. The lowest BCUT2D eigenvalue weighted by Gasteiger charge is -2.41. The van der Waals surface area contributed by atoms with Gasteiger partial charge >= 0.3 is 11.9 Å². The zero-order valence-corrected chi connectivity index (χ0v) is 32.8. The Labute approximate surface area is 343 Å². The lowest BCUT2D eigenvalue weighted by molar-refractivity contribution is -0.310. The normalized spacial score (nSPS) is 23.8. The Hall–Kier alpha value is -5.50. The van der Waals surface area contributed by atoms with Crippen LogP contribution in [0.25, 0.3) is 0 Å². The molecule has 24 heteroatoms. The van der Waals surface area contributed by atoms with Crippen LogP contribution in [-0.2, 0) is 49.5 Å². The molecule has 3 rings (SSSR count). The van der Waals surface area contributed by atoms with E-state index < -0.39 is 128 Å². The number of benzene rings is 1. The van der Waals surface area contributed by atoms with Crippen LogP contribution in [0.1, 0.15) is 44.6 Å². The summed E-state index contributed by atoms with van der Waals surface area (Å²) in [6.07, 6.45) is -9.63. The van der Waals surface area contributed by atoms with Crippen molar-refractivity contribution in [1.29, 1.82) is 0 Å². The minimum absolute atomic E-state index is 0.0469. The van der Waals surface area contributed by atoms with Gasteiger partial charge in [0.1, 0.15) is 54.6 Å². The van der Waals surface area contributed by atoms with Gasteiger partial charge in [-0.25, -0.2) is 4.79 Å². The van der Waals surface area contributed by atoms with Crippen molar-refractivity contribution in [3.63, 3.8) is 0 Å². The van der Waals surface area contributed by atoms with E-state index in [4.69, 9.17) is 26.7 Å². The van der Waals surface area contributed by atoms with Crippen molar-refractivity contribution < 1.29 is 73.7 Å². The van der Waals surface area contributed by atoms with E-state index in [1.165, 1.54) is 11.8 Å². The quantitative estimate of drug-likeness (QED) is 0.0293. The van der Waals surface area contributed by atoms with Gasteiger partial charge in [-0.2, -0.15) is 0 Å². The monoisotopic (exact) mass is 853 g/mol. The van der Waals surface area contributed by atoms with E-state index in [1.807, 2.05) is 0 Å². The number of aliphatic imine (C=N–C) groups is 1. The minimum Gasteiger partial charge on any atom is -0.481 e. The minimum atomic E-state index is -1.76. The lowest BCUT2D eigenvalue weighted by atomic mass is 9.99. The predicted molar refractivity (Wildman–Crippen MR) is 206 cm³/mol. The molecule has 0 bridgehead atoms. The second-order valence-electron chi connectivity index (χ2n) is 14.3. The standard InChI is InChI=1S/C36H55N9O15/c1-17(59-35-29(52)28(51)27(50)23(16-46)60-35)26(37)33(56)45-12-6-10-22(45)32(55)43-19(9-5-11-40-36(38)39)30(53)41-15-24(47)42-20(14-25(48)49)31(54)44-21(34(57)58)13-18-7-3-2-4-8-18/h2-4,7-8,17,19-23,26-29,35,46,50-52H,5-6,9-16,37H2,1H3,(H,41,53)(H,42,47)(H,43,55)(H,44,54)(H,48,49)(H,57,58)(H4,38,39,40)/t17-,19+,20+,21+,22+,23-,26+,27-,28+,29+,35+/m1/s1. The molecule has 60 heavy (non-hydrogen) atoms. The van der Waals surface area contributed by atoms with Gasteiger partial charge in [0, 0.05) is 19.5 Å². The molecule has 0 spiro atoms. The van der Waals surface area contributed by atoms with Gasteiger partial charge in [-0.1, -0.05) is 30.3 Å². The summed E-state index contributed by atoms with van der Waals surface area (Å²) in [4.78, 5) is 95.0. The van der Waals surface area contributed by atoms with Gasteiger partial charge in [-0.15, -0.1) is 0 Å². The largest absolute Gasteiger partial charge is 0.481 e. The first-order chi connectivity index (χ1) is 28.3. The molecule has 1 aromatic carbocycles. The number of nitrogens with zero attached hydrogens (tertiary/aromatic N) is 2. The number of guanidine groups is 1. The summed E-state index contributed by atoms with van der Waals surface area (Å²) >= 11 is 0. The fraction of sp³-hybridized carbons (Fsp3) is 0.611. The van der Waals surface area contributed by atoms with Gasteiger partial charge in [0.15, 0.2) is 12.2 Å². The van der Waals surface area contributed by atoms with Crippen molar-refractivity contribution >= 4 is 47.4 Å². The third-order valence-electron chi connectivity index (χ3n) is 9.76. The number of carboxylic acid groups (broad SMARTS) is 2. The number of likely N-dealkylation sites (tertiary alicyclic amines) is 1. The molecule has 16 N–H and O–H groups in total. The van der Waals surface area contributed by atoms with Crippen LogP contribution in [0.4, 0.5) is 0 Å². The Morgan fingerprint density at radius 2 is 1.62 bits per heavy atom. The van der Waals surface area contributed by atoms with Crippen LogP contribution in [0.2, 0.25) is 0 Å². The first-order valence-corrected chi connectivity index (χ1v) is 19.1. The molecule has 0 aliphatic carbocycles. The van der Waals surface area contributed by atoms with Crippen LogP contribution in [0.15, 0.2) is 35.3 Å². The van der Waals surface area contributed by atoms with Gasteiger partial charge in [-0.3, -0.25) is 33.8 Å². The van der Waals surface area contributed by atoms with Crippen molar-refractivity contribution in [3.05, 3.63) is 35.9 Å². The van der Waals surface area contributed by atoms with Gasteiger partial charge in [-0.05, 0) is 38.2 Å². The summed E-state index contributed by atoms with van der Waals surface area (Å²) < 4.78 is 10.9. The highest BCUT2D eigenvalue weighted by Crippen LogP contribution is 2.25. The number of nitrogens with one attached hydrogen (secondary N) is 4. The maximum Gasteiger partial charge on any atom is 0.326 e. The number of aliphatic hydroxyl groups is 4. The average molecular weight is 854 g/mol. The molecule has 24 nitrogen and oxygen atoms in total. The maximum atomic E-state index is 13.6. The summed E-state index contributed by atoms with van der Waals surface area (Å²) in [6.45, 7) is -0.0100. The average Bonchev–Trinajstić information content (AvgIpc) is 3.70. The Kier molecular flexibility index (Phi) is 19.0. The number of amides is 5. The summed E-state index contributed by atoms with van der Waals surface area (Å²) in [6, 6.07) is 1.22. The second-order valence-corrected chi connectivity index (χ2v) is 14.3. The number of ether oxygens (including phenoxy) is 2. The molecule has 0 aromatic heterocycles. The first kappa shape index (κ1) is 48.9. The molecule has 2 heterocycles. The van der Waals surface area contributed by atoms with Crippen molar-refractivity contribution in [3.8, 4) is 0 Å². The molecule has 2 fully saturated rings. The Morgan fingerprint density at radius 1 is 0.933 bits per heavy atom. The molecule has 5 amide bonds. The first-order valence-electron chi connectivity index (χ1n) is 19.1. The van der Waals surface area contributed by atoms with E-state index >= 15 is 0 Å². The number of nitrogens with two attached hydrogens (primary N) is 3. The molecule has 0 radical (unpaired) electrons. The maximum absolute atomic E-state index is 13.6. The SMILES string of the molecule is C[C@@H](O[C@H]1O[C@H](CO)[C@@H](O)[C@H](O)[C@@H]1O)[C@H](N)C(=O)N1CCC[C@H]1C(=O)N[C@@H](CCCN=C(N)N)C(=O)NCC(=O)N[C@@H](CC(=O)O)C(=O)N[C@@H](Cc1ccccc1)C(=O)O. The zero-order valence-electron chi connectivity index (χ0n) is 32.8. The van der Waals surface area contributed by atoms with Crippen LogP contribution < -0.4 is 38.5 Å². The van der Waals surface area contributed by atoms with Crippen molar-refractivity contribution in [2.24, 2.45) is 22.2 Å². The molecule has 0 saturated carbocycles. The zero-order chi connectivity index (χ0) is 44.7. The highest BCUT2D eigenvalue weighted by molar-refractivity contribution is 5.96. The smallest absolute Gasteiger partial charge is 0.326 e. The van der Waals surface area contributed by atoms with Crippen LogP contribution in [0, 0.1) is 0 Å².